The average Bonchev–Trinajstić information content (AvgIpc) is 3.22. The quantitative estimate of drug-likeness (QED) is 0.524. The lowest BCUT2D eigenvalue weighted by Crippen LogP contribution is -2.44. The summed E-state index contributed by atoms with van der Waals surface area (Å²) >= 11 is 0. The van der Waals surface area contributed by atoms with E-state index in [2.05, 4.69) is 5.32 Å². The number of benzene rings is 1. The van der Waals surface area contributed by atoms with Crippen molar-refractivity contribution in [2.24, 2.45) is 0 Å². The Hall–Kier alpha value is -3.66. The molecule has 158 valence electrons. The van der Waals surface area contributed by atoms with Crippen molar-refractivity contribution in [1.82, 2.24) is 4.57 Å². The fourth-order valence-corrected chi connectivity index (χ4v) is 4.29. The van der Waals surface area contributed by atoms with E-state index in [-0.39, 0.29) is 58.8 Å². The highest BCUT2D eigenvalue weighted by Gasteiger charge is 2.46. The van der Waals surface area contributed by atoms with Crippen LogP contribution in [0.4, 0.5) is 14.5 Å². The van der Waals surface area contributed by atoms with Crippen LogP contribution in [-0.4, -0.2) is 27.3 Å². The van der Waals surface area contributed by atoms with Gasteiger partial charge in [0.2, 0.25) is 5.78 Å². The van der Waals surface area contributed by atoms with Crippen LogP contribution >= 0.6 is 0 Å². The smallest absolute Gasteiger partial charge is 0.343 e. The maximum Gasteiger partial charge on any atom is 0.343 e. The number of fused-ring (bicyclic) bond motifs is 3. The van der Waals surface area contributed by atoms with Gasteiger partial charge in [0.25, 0.3) is 11.5 Å². The monoisotopic (exact) mass is 428 g/mol. The minimum atomic E-state index is -2.07. The number of halogens is 2. The van der Waals surface area contributed by atoms with E-state index in [1.165, 1.54) is 13.0 Å². The minimum Gasteiger partial charge on any atom is -0.458 e. The van der Waals surface area contributed by atoms with Gasteiger partial charge in [0.15, 0.2) is 17.2 Å². The predicted octanol–water partition coefficient (Wildman–Crippen LogP) is 1.38. The molecule has 3 aliphatic rings. The lowest BCUT2D eigenvalue weighted by molar-refractivity contribution is -0.172. The summed E-state index contributed by atoms with van der Waals surface area (Å²) in [5, 5.41) is 13.2. The first-order chi connectivity index (χ1) is 14.7. The summed E-state index contributed by atoms with van der Waals surface area (Å²) in [6, 6.07) is 2.89. The van der Waals surface area contributed by atoms with Crippen molar-refractivity contribution in [2.75, 3.05) is 5.32 Å². The summed E-state index contributed by atoms with van der Waals surface area (Å²) in [5.74, 6) is -4.67. The van der Waals surface area contributed by atoms with Crippen LogP contribution in [0.2, 0.25) is 0 Å². The van der Waals surface area contributed by atoms with E-state index < -0.39 is 40.5 Å². The van der Waals surface area contributed by atoms with E-state index >= 15 is 0 Å². The molecule has 0 bridgehead atoms. The lowest BCUT2D eigenvalue weighted by atomic mass is 9.86. The van der Waals surface area contributed by atoms with Crippen molar-refractivity contribution >= 4 is 28.9 Å². The lowest BCUT2D eigenvalue weighted by Gasteiger charge is -2.31. The Bertz CT molecular complexity index is 1340. The second-order valence-corrected chi connectivity index (χ2v) is 7.55. The van der Waals surface area contributed by atoms with Crippen molar-refractivity contribution in [3.8, 4) is 0 Å². The largest absolute Gasteiger partial charge is 0.458 e. The van der Waals surface area contributed by atoms with Crippen LogP contribution in [-0.2, 0) is 33.1 Å². The Kier molecular flexibility index (Phi) is 3.85. The summed E-state index contributed by atoms with van der Waals surface area (Å²) in [6.07, 6.45) is -0.0789. The molecule has 0 radical (unpaired) electrons. The van der Waals surface area contributed by atoms with Crippen LogP contribution in [0.5, 0.6) is 0 Å². The maximum atomic E-state index is 13.8. The van der Waals surface area contributed by atoms with Gasteiger partial charge in [-0.25, -0.2) is 13.6 Å². The molecule has 1 aromatic heterocycles. The summed E-state index contributed by atoms with van der Waals surface area (Å²) in [7, 11) is 0. The highest BCUT2D eigenvalue weighted by molar-refractivity contribution is 6.37. The molecular formula is C21H14F2N2O6. The summed E-state index contributed by atoms with van der Waals surface area (Å²) < 4.78 is 33.4. The van der Waals surface area contributed by atoms with Gasteiger partial charge in [0.1, 0.15) is 6.61 Å². The molecule has 2 N–H and O–H groups in total. The minimum absolute atomic E-state index is 0.00788. The number of aliphatic hydroxyl groups is 1. The van der Waals surface area contributed by atoms with Gasteiger partial charge in [-0.1, -0.05) is 6.92 Å². The second-order valence-electron chi connectivity index (χ2n) is 7.55. The molecule has 0 fully saturated rings. The Labute approximate surface area is 172 Å². The Morgan fingerprint density at radius 3 is 2.58 bits per heavy atom. The molecule has 5 rings (SSSR count). The van der Waals surface area contributed by atoms with Gasteiger partial charge in [-0.2, -0.15) is 0 Å². The molecule has 0 aliphatic carbocycles. The van der Waals surface area contributed by atoms with Crippen LogP contribution in [0.15, 0.2) is 28.6 Å². The number of esters is 1. The molecule has 0 spiro atoms. The molecule has 3 aliphatic heterocycles. The number of ketones is 1. The van der Waals surface area contributed by atoms with Crippen molar-refractivity contribution < 1.29 is 33.0 Å². The fourth-order valence-electron chi connectivity index (χ4n) is 4.29. The maximum absolute atomic E-state index is 13.8. The molecule has 4 heterocycles. The predicted molar refractivity (Wildman–Crippen MR) is 101 cm³/mol. The van der Waals surface area contributed by atoms with Gasteiger partial charge in [-0.15, -0.1) is 0 Å². The number of carbonyl (C=O) groups excluding carboxylic acids is 3. The van der Waals surface area contributed by atoms with Gasteiger partial charge in [0.05, 0.1) is 29.1 Å². The van der Waals surface area contributed by atoms with Crippen molar-refractivity contribution in [3.63, 3.8) is 0 Å². The first-order valence-electron chi connectivity index (χ1n) is 9.42. The third-order valence-electron chi connectivity index (χ3n) is 5.97. The van der Waals surface area contributed by atoms with Gasteiger partial charge in [-0.3, -0.25) is 14.4 Å². The molecule has 1 aromatic carbocycles. The van der Waals surface area contributed by atoms with Crippen LogP contribution in [0.3, 0.4) is 0 Å². The van der Waals surface area contributed by atoms with E-state index in [9.17, 15) is 33.1 Å². The van der Waals surface area contributed by atoms with Crippen molar-refractivity contribution in [1.29, 1.82) is 0 Å². The van der Waals surface area contributed by atoms with Crippen LogP contribution in [0.1, 0.15) is 40.5 Å². The fraction of sp³-hybridized carbons (Fsp3) is 0.238. The number of anilines is 1. The van der Waals surface area contributed by atoms with Gasteiger partial charge in [0, 0.05) is 22.8 Å². The number of ether oxygens (including phenoxy) is 1. The Morgan fingerprint density at radius 2 is 1.87 bits per heavy atom. The molecule has 2 aromatic rings. The molecule has 0 saturated carbocycles. The zero-order valence-electron chi connectivity index (χ0n) is 16.0. The zero-order chi connectivity index (χ0) is 22.2. The molecule has 31 heavy (non-hydrogen) atoms. The summed E-state index contributed by atoms with van der Waals surface area (Å²) in [4.78, 5) is 50.8. The highest BCUT2D eigenvalue weighted by atomic mass is 19.2. The standard InChI is InChI=1S/C21H14F2N2O6/c1-2-21(30)11-4-15-17(26)9(6-25(15)19(28)10(11)7-31-20(21)29)16-8-3-12(22)13(23)5-14(8)24-18(16)27/h3-5,30H,2,6-7H2,1H3,(H,24,27)/b16-9-/t21-/m0/s1. The van der Waals surface area contributed by atoms with Crippen molar-refractivity contribution in [2.45, 2.75) is 32.1 Å². The van der Waals surface area contributed by atoms with Crippen LogP contribution in [0.25, 0.3) is 5.57 Å². The van der Waals surface area contributed by atoms with Crippen LogP contribution in [0, 0.1) is 11.6 Å². The first kappa shape index (κ1) is 19.3. The molecule has 1 amide bonds. The number of carbonyl (C=O) groups is 3. The van der Waals surface area contributed by atoms with Gasteiger partial charge >= 0.3 is 5.97 Å². The van der Waals surface area contributed by atoms with Gasteiger partial charge in [-0.05, 0) is 18.6 Å². The van der Waals surface area contributed by atoms with Crippen molar-refractivity contribution in [3.05, 3.63) is 68.1 Å². The van der Waals surface area contributed by atoms with E-state index in [1.807, 2.05) is 0 Å². The number of hydrogen-bond acceptors (Lipinski definition) is 6. The zero-order valence-corrected chi connectivity index (χ0v) is 16.0. The molecular weight excluding hydrogens is 414 g/mol. The highest BCUT2D eigenvalue weighted by Crippen LogP contribution is 2.39. The number of nitrogens with one attached hydrogen (secondary N) is 1. The van der Waals surface area contributed by atoms with E-state index in [0.717, 1.165) is 16.7 Å². The molecule has 1 atom stereocenters. The number of nitrogens with zero attached hydrogens (tertiary/aromatic N) is 1. The number of cyclic esters (lactones) is 1. The topological polar surface area (TPSA) is 115 Å². The number of aromatic nitrogens is 1. The van der Waals surface area contributed by atoms with E-state index in [4.69, 9.17) is 4.74 Å². The number of pyridine rings is 1. The number of allylic oxidation sites excluding steroid dienone is 1. The number of rotatable bonds is 1. The Balaban J connectivity index is 1.72. The number of hydrogen-bond donors (Lipinski definition) is 2. The molecule has 8 nitrogen and oxygen atoms in total. The van der Waals surface area contributed by atoms with Gasteiger partial charge < -0.3 is 19.7 Å². The molecule has 0 saturated heterocycles. The van der Waals surface area contributed by atoms with Crippen LogP contribution < -0.4 is 10.9 Å². The third-order valence-corrected chi connectivity index (χ3v) is 5.97. The SMILES string of the molecule is CC[C@@]1(O)C(=O)OCc2c1cc1n(c2=O)C/C(=C2/C(=O)Nc3cc(F)c(F)cc32)C1=O. The second kappa shape index (κ2) is 6.17. The normalized spacial score (nSPS) is 23.9. The third kappa shape index (κ3) is 2.42. The number of Topliss-reactive ketones (excluding diaryl/α,β-unsaturated/α-hetero) is 1. The Morgan fingerprint density at radius 1 is 1.16 bits per heavy atom. The molecule has 0 unspecified atom stereocenters. The molecule has 10 heteroatoms. The average molecular weight is 428 g/mol. The summed E-state index contributed by atoms with van der Waals surface area (Å²) in [5.41, 5.74) is -3.00. The van der Waals surface area contributed by atoms with E-state index in [0.29, 0.717) is 0 Å². The first-order valence-corrected chi connectivity index (χ1v) is 9.42. The number of amides is 1. The summed E-state index contributed by atoms with van der Waals surface area (Å²) in [6.45, 7) is 0.896. The van der Waals surface area contributed by atoms with E-state index in [1.54, 1.807) is 0 Å².